The van der Waals surface area contributed by atoms with E-state index in [2.05, 4.69) is 21.2 Å². The maximum absolute atomic E-state index is 13.0. The van der Waals surface area contributed by atoms with Gasteiger partial charge in [0.2, 0.25) is 0 Å². The molecule has 0 bridgehead atoms. The van der Waals surface area contributed by atoms with Gasteiger partial charge < -0.3 is 10.4 Å². The minimum Gasteiger partial charge on any atom is -0.396 e. The first kappa shape index (κ1) is 15.0. The van der Waals surface area contributed by atoms with Crippen molar-refractivity contribution in [3.63, 3.8) is 0 Å². The molecule has 0 spiro atoms. The lowest BCUT2D eigenvalue weighted by molar-refractivity contribution is 0.296. The van der Waals surface area contributed by atoms with E-state index >= 15 is 0 Å². The molecule has 1 rings (SSSR count). The largest absolute Gasteiger partial charge is 0.396 e. The molecule has 0 heterocycles. The van der Waals surface area contributed by atoms with Crippen LogP contribution in [-0.4, -0.2) is 29.8 Å². The third kappa shape index (κ3) is 6.41. The molecule has 0 amide bonds. The molecule has 0 atom stereocenters. The van der Waals surface area contributed by atoms with Crippen molar-refractivity contribution >= 4 is 27.7 Å². The van der Waals surface area contributed by atoms with E-state index in [1.165, 1.54) is 6.07 Å². The van der Waals surface area contributed by atoms with Crippen LogP contribution in [-0.2, 0) is 6.54 Å². The third-order valence-corrected chi connectivity index (χ3v) is 3.86. The Morgan fingerprint density at radius 3 is 2.88 bits per heavy atom. The summed E-state index contributed by atoms with van der Waals surface area (Å²) in [5, 5.41) is 11.9. The molecule has 0 aromatic heterocycles. The predicted octanol–water partition coefficient (Wildman–Crippen LogP) is 2.79. The highest BCUT2D eigenvalue weighted by Gasteiger charge is 1.99. The van der Waals surface area contributed by atoms with Gasteiger partial charge in [0.1, 0.15) is 5.82 Å². The van der Waals surface area contributed by atoms with Crippen LogP contribution in [0.25, 0.3) is 0 Å². The Bertz CT molecular complexity index is 338. The molecule has 0 fully saturated rings. The van der Waals surface area contributed by atoms with E-state index in [4.69, 9.17) is 5.11 Å². The predicted molar refractivity (Wildman–Crippen MR) is 74.8 cm³/mol. The molecular weight excluding hydrogens is 305 g/mol. The van der Waals surface area contributed by atoms with Gasteiger partial charge in [0.25, 0.3) is 0 Å². The molecule has 96 valence electrons. The van der Waals surface area contributed by atoms with Crippen LogP contribution < -0.4 is 5.32 Å². The van der Waals surface area contributed by atoms with Crippen molar-refractivity contribution < 1.29 is 9.50 Å². The lowest BCUT2D eigenvalue weighted by atomic mass is 10.2. The van der Waals surface area contributed by atoms with E-state index in [1.54, 1.807) is 12.1 Å². The molecule has 0 unspecified atom stereocenters. The van der Waals surface area contributed by atoms with Crippen molar-refractivity contribution in [3.05, 3.63) is 34.1 Å². The summed E-state index contributed by atoms with van der Waals surface area (Å²) in [7, 11) is 0. The molecule has 1 aromatic rings. The van der Waals surface area contributed by atoms with Crippen LogP contribution >= 0.6 is 27.7 Å². The molecule has 0 aliphatic heterocycles. The SMILES string of the molecule is OCCCSCCNCc1ccc(F)c(Br)c1. The second kappa shape index (κ2) is 8.91. The lowest BCUT2D eigenvalue weighted by Crippen LogP contribution is -2.16. The van der Waals surface area contributed by atoms with Crippen LogP contribution in [0.15, 0.2) is 22.7 Å². The monoisotopic (exact) mass is 321 g/mol. The van der Waals surface area contributed by atoms with Crippen LogP contribution in [0.4, 0.5) is 4.39 Å². The van der Waals surface area contributed by atoms with Crippen molar-refractivity contribution in [3.8, 4) is 0 Å². The summed E-state index contributed by atoms with van der Waals surface area (Å²) in [5.41, 5.74) is 1.07. The Hall–Kier alpha value is -0.100. The molecule has 0 saturated heterocycles. The maximum atomic E-state index is 13.0. The molecule has 0 aliphatic rings. The third-order valence-electron chi connectivity index (χ3n) is 2.18. The average molecular weight is 322 g/mol. The topological polar surface area (TPSA) is 32.3 Å². The standard InChI is InChI=1S/C12H17BrFNOS/c13-11-8-10(2-3-12(11)14)9-15-4-7-17-6-1-5-16/h2-3,8,15-16H,1,4-7,9H2. The van der Waals surface area contributed by atoms with Crippen LogP contribution in [0.2, 0.25) is 0 Å². The van der Waals surface area contributed by atoms with E-state index in [1.807, 2.05) is 11.8 Å². The second-order valence-electron chi connectivity index (χ2n) is 3.61. The summed E-state index contributed by atoms with van der Waals surface area (Å²) in [6, 6.07) is 5.05. The Labute approximate surface area is 114 Å². The summed E-state index contributed by atoms with van der Waals surface area (Å²) in [6.45, 7) is 1.94. The second-order valence-corrected chi connectivity index (χ2v) is 5.69. The molecule has 1 aromatic carbocycles. The lowest BCUT2D eigenvalue weighted by Gasteiger charge is -2.05. The highest BCUT2D eigenvalue weighted by atomic mass is 79.9. The van der Waals surface area contributed by atoms with E-state index in [0.717, 1.165) is 36.6 Å². The van der Waals surface area contributed by atoms with Crippen molar-refractivity contribution in [1.82, 2.24) is 5.32 Å². The normalized spacial score (nSPS) is 10.8. The number of hydrogen-bond acceptors (Lipinski definition) is 3. The average Bonchev–Trinajstić information content (AvgIpc) is 2.32. The van der Waals surface area contributed by atoms with Gasteiger partial charge in [-0.05, 0) is 45.8 Å². The molecule has 0 radical (unpaired) electrons. The summed E-state index contributed by atoms with van der Waals surface area (Å²) in [5.74, 6) is 1.80. The number of halogens is 2. The number of thioether (sulfide) groups is 1. The highest BCUT2D eigenvalue weighted by Crippen LogP contribution is 2.16. The Morgan fingerprint density at radius 1 is 1.35 bits per heavy atom. The van der Waals surface area contributed by atoms with Gasteiger partial charge in [0, 0.05) is 25.4 Å². The number of aliphatic hydroxyl groups excluding tert-OH is 1. The minimum atomic E-state index is -0.228. The highest BCUT2D eigenvalue weighted by molar-refractivity contribution is 9.10. The summed E-state index contributed by atoms with van der Waals surface area (Å²) >= 11 is 4.99. The van der Waals surface area contributed by atoms with E-state index in [0.29, 0.717) is 4.47 Å². The summed E-state index contributed by atoms with van der Waals surface area (Å²) in [6.07, 6.45) is 0.857. The van der Waals surface area contributed by atoms with Crippen molar-refractivity contribution in [2.45, 2.75) is 13.0 Å². The Balaban J connectivity index is 2.11. The van der Waals surface area contributed by atoms with Crippen LogP contribution in [0.3, 0.4) is 0 Å². The minimum absolute atomic E-state index is 0.228. The van der Waals surface area contributed by atoms with Gasteiger partial charge >= 0.3 is 0 Å². The Morgan fingerprint density at radius 2 is 2.18 bits per heavy atom. The molecule has 2 N–H and O–H groups in total. The maximum Gasteiger partial charge on any atom is 0.137 e. The number of nitrogens with one attached hydrogen (secondary N) is 1. The van der Waals surface area contributed by atoms with Gasteiger partial charge in [0.15, 0.2) is 0 Å². The van der Waals surface area contributed by atoms with Crippen molar-refractivity contribution in [2.24, 2.45) is 0 Å². The van der Waals surface area contributed by atoms with Crippen LogP contribution in [0.5, 0.6) is 0 Å². The number of aliphatic hydroxyl groups is 1. The molecule has 17 heavy (non-hydrogen) atoms. The molecule has 2 nitrogen and oxygen atoms in total. The van der Waals surface area contributed by atoms with E-state index in [-0.39, 0.29) is 12.4 Å². The number of hydrogen-bond donors (Lipinski definition) is 2. The fraction of sp³-hybridized carbons (Fsp3) is 0.500. The zero-order chi connectivity index (χ0) is 12.5. The van der Waals surface area contributed by atoms with Gasteiger partial charge in [-0.3, -0.25) is 0 Å². The molecule has 5 heteroatoms. The van der Waals surface area contributed by atoms with Gasteiger partial charge in [-0.25, -0.2) is 4.39 Å². The summed E-state index contributed by atoms with van der Waals surface area (Å²) < 4.78 is 13.5. The van der Waals surface area contributed by atoms with Gasteiger partial charge in [0.05, 0.1) is 4.47 Å². The molecule has 0 aliphatic carbocycles. The van der Waals surface area contributed by atoms with Crippen LogP contribution in [0.1, 0.15) is 12.0 Å². The fourth-order valence-corrected chi connectivity index (χ4v) is 2.55. The quantitative estimate of drug-likeness (QED) is 0.722. The van der Waals surface area contributed by atoms with Crippen LogP contribution in [0, 0.1) is 5.82 Å². The zero-order valence-electron chi connectivity index (χ0n) is 9.59. The van der Waals surface area contributed by atoms with E-state index in [9.17, 15) is 4.39 Å². The fourth-order valence-electron chi connectivity index (χ4n) is 1.30. The molecular formula is C12H17BrFNOS. The van der Waals surface area contributed by atoms with Crippen molar-refractivity contribution in [2.75, 3.05) is 24.7 Å². The Kier molecular flexibility index (Phi) is 7.84. The molecule has 0 saturated carbocycles. The van der Waals surface area contributed by atoms with Crippen molar-refractivity contribution in [1.29, 1.82) is 0 Å². The first-order chi connectivity index (χ1) is 8.24. The first-order valence-electron chi connectivity index (χ1n) is 5.57. The first-order valence-corrected chi connectivity index (χ1v) is 7.52. The number of rotatable bonds is 8. The van der Waals surface area contributed by atoms with E-state index < -0.39 is 0 Å². The van der Waals surface area contributed by atoms with Gasteiger partial charge in [-0.2, -0.15) is 11.8 Å². The number of benzene rings is 1. The summed E-state index contributed by atoms with van der Waals surface area (Å²) in [4.78, 5) is 0. The van der Waals surface area contributed by atoms with Gasteiger partial charge in [-0.1, -0.05) is 6.07 Å². The van der Waals surface area contributed by atoms with Gasteiger partial charge in [-0.15, -0.1) is 0 Å². The smallest absolute Gasteiger partial charge is 0.137 e. The zero-order valence-corrected chi connectivity index (χ0v) is 12.0.